The Bertz CT molecular complexity index is 4570. The fraction of sp³-hybridized carbons (Fsp3) is 0.398. The molecule has 0 amide bonds. The summed E-state index contributed by atoms with van der Waals surface area (Å²) in [5.41, 5.74) is 8.37. The molecule has 4 unspecified atom stereocenters. The van der Waals surface area contributed by atoms with Crippen molar-refractivity contribution in [1.82, 2.24) is 0 Å². The third-order valence-corrected chi connectivity index (χ3v) is 25.9. The van der Waals surface area contributed by atoms with Gasteiger partial charge in [-0.2, -0.15) is 15.8 Å². The van der Waals surface area contributed by atoms with Gasteiger partial charge in [0.25, 0.3) is 0 Å². The van der Waals surface area contributed by atoms with Crippen LogP contribution in [0.4, 0.5) is 0 Å². The normalized spacial score (nSPS) is 11.4. The van der Waals surface area contributed by atoms with Crippen LogP contribution in [0.5, 0.6) is 0 Å². The number of benzene rings is 10. The summed E-state index contributed by atoms with van der Waals surface area (Å²) in [6, 6.07) is 100. The van der Waals surface area contributed by atoms with Crippen LogP contribution in [0.2, 0.25) is 0 Å². The van der Waals surface area contributed by atoms with E-state index < -0.39 is 62.7 Å². The number of aryl methyl sites for hydroxylation is 2. The van der Waals surface area contributed by atoms with Crippen LogP contribution in [0.15, 0.2) is 284 Å². The topological polar surface area (TPSA) is 324 Å². The fourth-order valence-corrected chi connectivity index (χ4v) is 19.5. The molecule has 0 saturated heterocycles. The molecule has 134 heavy (non-hydrogen) atoms. The van der Waals surface area contributed by atoms with E-state index in [1.165, 1.54) is 31.8 Å². The van der Waals surface area contributed by atoms with Gasteiger partial charge in [-0.05, 0) is 196 Å². The molecule has 728 valence electrons. The first-order valence-corrected chi connectivity index (χ1v) is 53.6. The van der Waals surface area contributed by atoms with Gasteiger partial charge in [-0.25, -0.2) is 0 Å². The molecule has 0 aliphatic rings. The van der Waals surface area contributed by atoms with E-state index in [2.05, 4.69) is 243 Å². The Labute approximate surface area is 831 Å². The second kappa shape index (κ2) is 76.5. The van der Waals surface area contributed by atoms with Gasteiger partial charge < -0.3 is 56.8 Å². The van der Waals surface area contributed by atoms with Crippen molar-refractivity contribution in [3.63, 3.8) is 0 Å². The standard InChI is InChI=1S/C18H30N2O2.C18H27NO2.C18H23NO2.2C18H15P.C9H8BrNO.C9H16O.2C2H6O.CH4.2ClH.Pd/c1-3-9-18(22,10-4-2)11-8-14-6-5-7-15(12-14)16(21)13-17(19)20;2*1-3-10-18(21,11-4-2)12-8-15-6-5-7-16(14-15)17(20)9-13-19;2*1-4-10-16(11-5-1)19(17-12-6-2-7-13-17)18-14-8-3-9-15-18;10-8-3-1-2-7(6-8)9(12)4-5-11;1-4-7-9(10,6-3)8-5-2;2*1-2-3;;;;/h5-7,12,16,21-22H,3-4,8-11,13H2,1-2H3,(H3,19,20);5-7,14,17,20-21H,3-4,8-12H2,1-2H3;5-7,14,17,20-21H,3-4,9-11H2,1-2H3;2*1-15H;1-3,6,9,12H,4H2;3,10H,4-5,7-8H2,1-2H3;2*3H,2H2,1H3;1H4;2*1H;/q;;;;;;;;;;;;+2/p-2. The van der Waals surface area contributed by atoms with E-state index in [1.807, 2.05) is 119 Å². The summed E-state index contributed by atoms with van der Waals surface area (Å²) in [5, 5.41) is 137. The average molecular weight is 2060 g/mol. The van der Waals surface area contributed by atoms with Crippen LogP contribution < -0.4 is 37.6 Å². The molecule has 4 atom stereocenters. The third-order valence-electron chi connectivity index (χ3n) is 20.5. The number of nitrogens with two attached hydrogens (primary N) is 1. The van der Waals surface area contributed by atoms with E-state index in [4.69, 9.17) is 62.6 Å². The SMILES string of the molecule is C.C#CC(O)(CCC)CCC.CCCC(O)(C#Cc1cccc(C(O)CC#N)c1)CCC.CCCC(O)(CCC)CCc1cccc(C(O)CC#N)c1.CCCC(O)(CCC)CCc1cccc(C(O)CC(=N)N)c1.CCO.CCO.N#CCC(O)c1cccc(Br)c1.[Cl][Pd][Cl].c1ccc(P(c2ccccc2)c2ccccc2)cc1.c1ccc(P(c2ccccc2)c2ccccc2)cc1. The fourth-order valence-electron chi connectivity index (χ4n) is 14.5. The molecular weight excluding hydrogens is 1910 g/mol. The summed E-state index contributed by atoms with van der Waals surface area (Å²) in [7, 11) is 8.74. The molecule has 21 heteroatoms. The quantitative estimate of drug-likeness (QED) is 0.00566. The predicted molar refractivity (Wildman–Crippen MR) is 566 cm³/mol. The number of nitrogens with one attached hydrogen (secondary N) is 1. The number of hydrogen-bond donors (Lipinski definition) is 12. The van der Waals surface area contributed by atoms with Crippen LogP contribution in [-0.2, 0) is 28.8 Å². The number of terminal acetylenes is 1. The minimum absolute atomic E-state index is 0. The van der Waals surface area contributed by atoms with Crippen molar-refractivity contribution in [3.8, 4) is 42.4 Å². The van der Waals surface area contributed by atoms with Gasteiger partial charge in [-0.1, -0.05) is 403 Å². The molecule has 15 nitrogen and oxygen atoms in total. The Kier molecular flexibility index (Phi) is 71.6. The number of aliphatic hydroxyl groups is 10. The first-order chi connectivity index (χ1) is 64.0. The van der Waals surface area contributed by atoms with E-state index >= 15 is 0 Å². The first-order valence-electron chi connectivity index (χ1n) is 46.1. The van der Waals surface area contributed by atoms with Crippen molar-refractivity contribution in [3.05, 3.63) is 322 Å². The Hall–Kier alpha value is -8.56. The average Bonchev–Trinajstić information content (AvgIpc) is 0.819. The number of nitriles is 3. The van der Waals surface area contributed by atoms with Gasteiger partial charge in [-0.15, -0.1) is 6.42 Å². The maximum absolute atomic E-state index is 10.7. The molecule has 10 rings (SSSR count). The molecular formula is C113H150BrCl2N5O10P2Pd. The number of aliphatic hydroxyl groups excluding tert-OH is 6. The summed E-state index contributed by atoms with van der Waals surface area (Å²) < 4.78 is 0.914. The summed E-state index contributed by atoms with van der Waals surface area (Å²) in [6.07, 6.45) is 19.4. The maximum Gasteiger partial charge on any atom is -0.0134 e. The van der Waals surface area contributed by atoms with Crippen molar-refractivity contribution >= 4 is 88.5 Å². The Balaban J connectivity index is 0.00000153. The minimum Gasteiger partial charge on any atom is -0.0622 e. The molecule has 10 aromatic rings. The van der Waals surface area contributed by atoms with Crippen LogP contribution in [0.3, 0.4) is 0 Å². The predicted octanol–water partition coefficient (Wildman–Crippen LogP) is 23.8. The van der Waals surface area contributed by atoms with Gasteiger partial charge in [0, 0.05) is 29.7 Å². The number of rotatable bonds is 37. The summed E-state index contributed by atoms with van der Waals surface area (Å²) >= 11 is 3.18. The van der Waals surface area contributed by atoms with Gasteiger partial charge in [0.2, 0.25) is 0 Å². The van der Waals surface area contributed by atoms with Crippen LogP contribution in [0, 0.1) is 63.6 Å². The molecule has 0 aliphatic carbocycles. The molecule has 0 spiro atoms. The van der Waals surface area contributed by atoms with Gasteiger partial charge in [-0.3, -0.25) is 5.41 Å². The van der Waals surface area contributed by atoms with E-state index in [0.717, 1.165) is 153 Å². The van der Waals surface area contributed by atoms with Crippen molar-refractivity contribution in [2.45, 2.75) is 278 Å². The van der Waals surface area contributed by atoms with Gasteiger partial charge in [0.1, 0.15) is 11.2 Å². The summed E-state index contributed by atoms with van der Waals surface area (Å²) in [5.74, 6) is 8.39. The number of hydrogen-bond acceptors (Lipinski definition) is 14. The summed E-state index contributed by atoms with van der Waals surface area (Å²) in [6.45, 7) is 20.4. The number of halogens is 3. The molecule has 10 aromatic carbocycles. The van der Waals surface area contributed by atoms with E-state index in [0.29, 0.717) is 18.4 Å². The van der Waals surface area contributed by atoms with Crippen molar-refractivity contribution < 1.29 is 67.0 Å². The van der Waals surface area contributed by atoms with Crippen molar-refractivity contribution in [1.29, 1.82) is 21.2 Å². The first kappa shape index (κ1) is 125. The van der Waals surface area contributed by atoms with Crippen molar-refractivity contribution in [2.24, 2.45) is 5.73 Å². The zero-order valence-corrected chi connectivity index (χ0v) is 86.0. The van der Waals surface area contributed by atoms with Crippen LogP contribution in [-0.4, -0.2) is 92.5 Å². The zero-order chi connectivity index (χ0) is 99.0. The van der Waals surface area contributed by atoms with E-state index in [1.54, 1.807) is 38.1 Å². The van der Waals surface area contributed by atoms with E-state index in [-0.39, 0.29) is 68.1 Å². The Morgan fingerprint density at radius 1 is 0.388 bits per heavy atom. The molecule has 13 N–H and O–H groups in total. The van der Waals surface area contributed by atoms with Crippen LogP contribution in [0.1, 0.15) is 281 Å². The zero-order valence-electron chi connectivity index (χ0n) is 79.6. The molecule has 0 aliphatic heterocycles. The van der Waals surface area contributed by atoms with E-state index in [9.17, 15) is 40.9 Å². The second-order valence-corrected chi connectivity index (χ2v) is 39.5. The van der Waals surface area contributed by atoms with Gasteiger partial charge >= 0.3 is 35.0 Å². The molecule has 0 radical (unpaired) electrons. The minimum atomic E-state index is -0.940. The number of amidine groups is 1. The largest absolute Gasteiger partial charge is 0.0622 e. The molecule has 0 heterocycles. The second-order valence-electron chi connectivity index (χ2n) is 31.8. The maximum atomic E-state index is 10.7. The van der Waals surface area contributed by atoms with Crippen LogP contribution in [0.25, 0.3) is 0 Å². The number of nitrogens with zero attached hydrogens (tertiary/aromatic N) is 3. The van der Waals surface area contributed by atoms with Gasteiger partial charge in [0.05, 0.1) is 78.9 Å². The molecule has 0 bridgehead atoms. The third kappa shape index (κ3) is 53.8. The van der Waals surface area contributed by atoms with Crippen molar-refractivity contribution in [2.75, 3.05) is 13.2 Å². The molecule has 0 fully saturated rings. The van der Waals surface area contributed by atoms with Gasteiger partial charge in [0.15, 0.2) is 0 Å². The smallest absolute Gasteiger partial charge is 0.0134 e. The van der Waals surface area contributed by atoms with Crippen LogP contribution >= 0.6 is 50.8 Å². The summed E-state index contributed by atoms with van der Waals surface area (Å²) in [4.78, 5) is 0. The monoisotopic (exact) mass is 2050 g/mol. The molecule has 0 aromatic heterocycles. The molecule has 0 saturated carbocycles. The Morgan fingerprint density at radius 2 is 0.642 bits per heavy atom. The Morgan fingerprint density at radius 3 is 0.903 bits per heavy atom.